The van der Waals surface area contributed by atoms with Crippen molar-refractivity contribution in [1.82, 2.24) is 18.8 Å². The van der Waals surface area contributed by atoms with E-state index in [9.17, 15) is 13.2 Å². The fourth-order valence-electron chi connectivity index (χ4n) is 3.92. The maximum Gasteiger partial charge on any atom is 0.259 e. The third kappa shape index (κ3) is 4.24. The van der Waals surface area contributed by atoms with Gasteiger partial charge in [0.15, 0.2) is 0 Å². The van der Waals surface area contributed by atoms with Gasteiger partial charge in [-0.1, -0.05) is 29.8 Å². The van der Waals surface area contributed by atoms with Crippen LogP contribution in [-0.4, -0.2) is 51.6 Å². The van der Waals surface area contributed by atoms with Crippen molar-refractivity contribution in [3.05, 3.63) is 51.9 Å². The molecule has 0 radical (unpaired) electrons. The Balaban J connectivity index is 1.56. The summed E-state index contributed by atoms with van der Waals surface area (Å²) >= 11 is 6.29. The Bertz CT molecular complexity index is 1310. The zero-order chi connectivity index (χ0) is 23.0. The minimum atomic E-state index is -3.24. The molecule has 0 unspecified atom stereocenters. The van der Waals surface area contributed by atoms with E-state index in [1.807, 2.05) is 18.2 Å². The van der Waals surface area contributed by atoms with Crippen molar-refractivity contribution in [2.75, 3.05) is 18.4 Å². The van der Waals surface area contributed by atoms with Crippen LogP contribution in [0.2, 0.25) is 5.02 Å². The van der Waals surface area contributed by atoms with Crippen molar-refractivity contribution < 1.29 is 8.42 Å². The van der Waals surface area contributed by atoms with Crippen molar-refractivity contribution in [3.8, 4) is 11.1 Å². The molecule has 1 N–H and O–H groups in total. The second-order valence-corrected chi connectivity index (χ2v) is 11.2. The summed E-state index contributed by atoms with van der Waals surface area (Å²) in [5, 5.41) is 4.11. The van der Waals surface area contributed by atoms with Crippen LogP contribution in [-0.2, 0) is 17.1 Å². The lowest BCUT2D eigenvalue weighted by Gasteiger charge is -2.32. The normalized spacial score (nSPS) is 16.0. The summed E-state index contributed by atoms with van der Waals surface area (Å²) in [5.41, 5.74) is 1.49. The molecule has 0 aliphatic carbocycles. The highest BCUT2D eigenvalue weighted by molar-refractivity contribution is 7.89. The van der Waals surface area contributed by atoms with E-state index in [1.54, 1.807) is 43.5 Å². The molecule has 4 rings (SSSR count). The topological polar surface area (TPSA) is 97.2 Å². The van der Waals surface area contributed by atoms with Crippen LogP contribution in [0.15, 0.2) is 41.3 Å². The number of nitrogens with zero attached hydrogens (tertiary/aromatic N) is 4. The Morgan fingerprint density at radius 2 is 1.84 bits per heavy atom. The van der Waals surface area contributed by atoms with E-state index in [4.69, 9.17) is 11.6 Å². The van der Waals surface area contributed by atoms with Gasteiger partial charge in [-0.25, -0.2) is 17.7 Å². The number of hydrogen-bond acceptors (Lipinski definition) is 6. The number of anilines is 1. The minimum absolute atomic E-state index is 0.0606. The van der Waals surface area contributed by atoms with Gasteiger partial charge in [-0.05, 0) is 38.8 Å². The van der Waals surface area contributed by atoms with Crippen LogP contribution < -0.4 is 10.9 Å². The number of piperidine rings is 1. The van der Waals surface area contributed by atoms with Gasteiger partial charge in [-0.15, -0.1) is 0 Å². The number of aromatic nitrogens is 3. The maximum absolute atomic E-state index is 13.0. The number of pyridine rings is 1. The van der Waals surface area contributed by atoms with Gasteiger partial charge in [-0.3, -0.25) is 9.36 Å². The number of hydrogen-bond donors (Lipinski definition) is 1. The summed E-state index contributed by atoms with van der Waals surface area (Å²) < 4.78 is 27.8. The van der Waals surface area contributed by atoms with Crippen molar-refractivity contribution >= 4 is 38.6 Å². The first-order valence-electron chi connectivity index (χ1n) is 10.6. The number of halogens is 1. The van der Waals surface area contributed by atoms with Crippen LogP contribution >= 0.6 is 11.6 Å². The summed E-state index contributed by atoms with van der Waals surface area (Å²) in [6.45, 7) is 4.32. The lowest BCUT2D eigenvalue weighted by molar-refractivity contribution is 0.326. The second-order valence-electron chi connectivity index (χ2n) is 8.29. The van der Waals surface area contributed by atoms with Crippen molar-refractivity contribution in [1.29, 1.82) is 0 Å². The molecular formula is C22H26ClN5O3S. The van der Waals surface area contributed by atoms with Crippen LogP contribution in [0.1, 0.15) is 26.7 Å². The number of nitrogens with one attached hydrogen (secondary N) is 1. The van der Waals surface area contributed by atoms with Crippen LogP contribution in [0.4, 0.5) is 5.95 Å². The zero-order valence-electron chi connectivity index (χ0n) is 18.2. The predicted molar refractivity (Wildman–Crippen MR) is 127 cm³/mol. The molecule has 2 aromatic heterocycles. The van der Waals surface area contributed by atoms with Crippen LogP contribution in [0.3, 0.4) is 0 Å². The summed E-state index contributed by atoms with van der Waals surface area (Å²) in [6, 6.07) is 9.05. The molecule has 0 saturated carbocycles. The van der Waals surface area contributed by atoms with Gasteiger partial charge < -0.3 is 5.32 Å². The molecule has 0 spiro atoms. The number of benzene rings is 1. The Labute approximate surface area is 192 Å². The van der Waals surface area contributed by atoms with E-state index in [2.05, 4.69) is 15.3 Å². The number of rotatable bonds is 5. The van der Waals surface area contributed by atoms with Crippen molar-refractivity contribution in [2.24, 2.45) is 7.05 Å². The lowest BCUT2D eigenvalue weighted by atomic mass is 10.1. The van der Waals surface area contributed by atoms with Gasteiger partial charge in [-0.2, -0.15) is 4.98 Å². The third-order valence-corrected chi connectivity index (χ3v) is 8.46. The quantitative estimate of drug-likeness (QED) is 0.608. The van der Waals surface area contributed by atoms with E-state index >= 15 is 0 Å². The highest BCUT2D eigenvalue weighted by Crippen LogP contribution is 2.27. The van der Waals surface area contributed by atoms with E-state index < -0.39 is 15.3 Å². The summed E-state index contributed by atoms with van der Waals surface area (Å²) in [4.78, 5) is 22.0. The average molecular weight is 476 g/mol. The van der Waals surface area contributed by atoms with Crippen molar-refractivity contribution in [2.45, 2.75) is 38.0 Å². The number of sulfonamides is 1. The summed E-state index contributed by atoms with van der Waals surface area (Å²) in [7, 11) is -1.56. The molecule has 3 heterocycles. The largest absolute Gasteiger partial charge is 0.351 e. The van der Waals surface area contributed by atoms with Crippen LogP contribution in [0, 0.1) is 0 Å². The maximum atomic E-state index is 13.0. The fraction of sp³-hybridized carbons (Fsp3) is 0.409. The minimum Gasteiger partial charge on any atom is -0.351 e. The van der Waals surface area contributed by atoms with Crippen molar-refractivity contribution in [3.63, 3.8) is 0 Å². The van der Waals surface area contributed by atoms with Gasteiger partial charge >= 0.3 is 0 Å². The summed E-state index contributed by atoms with van der Waals surface area (Å²) in [5.74, 6) is 0.420. The monoisotopic (exact) mass is 475 g/mol. The highest BCUT2D eigenvalue weighted by Gasteiger charge is 2.30. The number of aryl methyl sites for hydroxylation is 1. The third-order valence-electron chi connectivity index (χ3n) is 5.86. The highest BCUT2D eigenvalue weighted by atomic mass is 35.5. The standard InChI is InChI=1S/C22H26ClN5O3S/c1-14(2)32(30,31)28-10-8-16(9-11-28)25-22-24-13-15-12-18(17-6-4-5-7-19(17)23)21(29)27(3)20(15)26-22/h4-7,12-14,16H,8-11H2,1-3H3,(H,24,25,26). The smallest absolute Gasteiger partial charge is 0.259 e. The van der Waals surface area contributed by atoms with Crippen LogP contribution in [0.25, 0.3) is 22.2 Å². The molecule has 32 heavy (non-hydrogen) atoms. The molecule has 1 saturated heterocycles. The predicted octanol–water partition coefficient (Wildman–Crippen LogP) is 3.26. The van der Waals surface area contributed by atoms with E-state index in [-0.39, 0.29) is 11.6 Å². The molecule has 170 valence electrons. The molecule has 0 atom stereocenters. The first kappa shape index (κ1) is 22.7. The molecule has 1 aliphatic rings. The molecule has 3 aromatic rings. The Kier molecular flexibility index (Phi) is 6.24. The molecule has 0 bridgehead atoms. The van der Waals surface area contributed by atoms with Gasteiger partial charge in [0.25, 0.3) is 5.56 Å². The van der Waals surface area contributed by atoms with Crippen LogP contribution in [0.5, 0.6) is 0 Å². The zero-order valence-corrected chi connectivity index (χ0v) is 19.8. The first-order valence-corrected chi connectivity index (χ1v) is 12.4. The molecule has 1 aliphatic heterocycles. The Morgan fingerprint density at radius 3 is 2.50 bits per heavy atom. The fourth-order valence-corrected chi connectivity index (χ4v) is 5.48. The van der Waals surface area contributed by atoms with Gasteiger partial charge in [0.1, 0.15) is 5.65 Å². The first-order chi connectivity index (χ1) is 15.2. The molecule has 10 heteroatoms. The Hall–Kier alpha value is -2.49. The molecule has 8 nitrogen and oxygen atoms in total. The second kappa shape index (κ2) is 8.80. The van der Waals surface area contributed by atoms with Gasteiger partial charge in [0.2, 0.25) is 16.0 Å². The average Bonchev–Trinajstić information content (AvgIpc) is 2.77. The van der Waals surface area contributed by atoms with Gasteiger partial charge in [0.05, 0.1) is 5.25 Å². The molecule has 1 aromatic carbocycles. The molecule has 1 fully saturated rings. The number of fused-ring (bicyclic) bond motifs is 1. The molecule has 0 amide bonds. The Morgan fingerprint density at radius 1 is 1.16 bits per heavy atom. The lowest BCUT2D eigenvalue weighted by Crippen LogP contribution is -2.45. The SMILES string of the molecule is CC(C)S(=O)(=O)N1CCC(Nc2ncc3cc(-c4ccccc4Cl)c(=O)n(C)c3n2)CC1. The van der Waals surface area contributed by atoms with E-state index in [0.717, 1.165) is 5.39 Å². The molecular weight excluding hydrogens is 450 g/mol. The van der Waals surface area contributed by atoms with Gasteiger partial charge in [0, 0.05) is 53.9 Å². The van der Waals surface area contributed by atoms with E-state index in [1.165, 1.54) is 4.57 Å². The van der Waals surface area contributed by atoms with E-state index in [0.29, 0.717) is 53.7 Å². The summed E-state index contributed by atoms with van der Waals surface area (Å²) in [6.07, 6.45) is 3.01.